The van der Waals surface area contributed by atoms with Crippen LogP contribution in [0.1, 0.15) is 0 Å². The number of hydrogen-bond acceptors (Lipinski definition) is 5. The third kappa shape index (κ3) is 2.89. The summed E-state index contributed by atoms with van der Waals surface area (Å²) in [5, 5.41) is 8.36. The Morgan fingerprint density at radius 1 is 0.844 bits per heavy atom. The molecule has 0 bridgehead atoms. The fourth-order valence-corrected chi connectivity index (χ4v) is 3.92. The molecule has 0 aliphatic carbocycles. The van der Waals surface area contributed by atoms with Crippen molar-refractivity contribution in [2.75, 3.05) is 5.73 Å². The van der Waals surface area contributed by atoms with Crippen LogP contribution in [-0.4, -0.2) is 30.1 Å². The second-order valence-electron chi connectivity index (χ2n) is 7.48. The molecule has 4 N–H and O–H groups in total. The van der Waals surface area contributed by atoms with Crippen molar-refractivity contribution in [3.05, 3.63) is 79.1 Å². The highest BCUT2D eigenvalue weighted by Crippen LogP contribution is 2.34. The molecule has 8 heteroatoms. The van der Waals surface area contributed by atoms with Crippen molar-refractivity contribution in [1.82, 2.24) is 30.1 Å². The van der Waals surface area contributed by atoms with Crippen LogP contribution >= 0.6 is 0 Å². The fourth-order valence-electron chi connectivity index (χ4n) is 3.92. The van der Waals surface area contributed by atoms with E-state index in [1.165, 1.54) is 6.07 Å². The van der Waals surface area contributed by atoms with Crippen LogP contribution < -0.4 is 5.73 Å². The largest absolute Gasteiger partial charge is 0.397 e. The van der Waals surface area contributed by atoms with E-state index in [1.807, 2.05) is 30.3 Å². The molecule has 0 unspecified atom stereocenters. The first-order chi connectivity index (χ1) is 15.7. The van der Waals surface area contributed by atoms with Crippen molar-refractivity contribution in [1.29, 1.82) is 0 Å². The standard InChI is InChI=1S/C24H16FN7/c25-18-4-2-1-3-15(18)17-11-28-12-22-16(17)8-21(29-22)24-23-20(31-32-24)6-5-19(30-23)13-7-14(26)10-27-9-13/h1-12,29H,26H2,(H,31,32). The number of nitrogens with two attached hydrogens (primary N) is 1. The number of fused-ring (bicyclic) bond motifs is 2. The maximum absolute atomic E-state index is 14.4. The predicted octanol–water partition coefficient (Wildman–Crippen LogP) is 4.95. The minimum Gasteiger partial charge on any atom is -0.397 e. The van der Waals surface area contributed by atoms with E-state index in [2.05, 4.69) is 25.1 Å². The first-order valence-corrected chi connectivity index (χ1v) is 9.95. The minimum atomic E-state index is -0.295. The second kappa shape index (κ2) is 6.98. The molecule has 0 saturated carbocycles. The van der Waals surface area contributed by atoms with E-state index in [9.17, 15) is 4.39 Å². The number of rotatable bonds is 3. The first kappa shape index (κ1) is 18.2. The minimum absolute atomic E-state index is 0.295. The third-order valence-corrected chi connectivity index (χ3v) is 5.43. The lowest BCUT2D eigenvalue weighted by molar-refractivity contribution is 0.631. The van der Waals surface area contributed by atoms with E-state index >= 15 is 0 Å². The molecule has 0 saturated heterocycles. The van der Waals surface area contributed by atoms with Gasteiger partial charge in [-0.15, -0.1) is 0 Å². The molecule has 7 nitrogen and oxygen atoms in total. The lowest BCUT2D eigenvalue weighted by Gasteiger charge is -2.03. The quantitative estimate of drug-likeness (QED) is 0.374. The molecular formula is C24H16FN7. The summed E-state index contributed by atoms with van der Waals surface area (Å²) in [7, 11) is 0. The van der Waals surface area contributed by atoms with E-state index in [0.29, 0.717) is 28.0 Å². The van der Waals surface area contributed by atoms with Gasteiger partial charge < -0.3 is 10.7 Å². The second-order valence-corrected chi connectivity index (χ2v) is 7.48. The van der Waals surface area contributed by atoms with Crippen LogP contribution in [0.25, 0.3) is 55.7 Å². The Kier molecular flexibility index (Phi) is 3.97. The van der Waals surface area contributed by atoms with Crippen molar-refractivity contribution in [2.24, 2.45) is 0 Å². The van der Waals surface area contributed by atoms with Gasteiger partial charge in [-0.1, -0.05) is 18.2 Å². The lowest BCUT2D eigenvalue weighted by atomic mass is 10.0. The molecule has 0 amide bonds. The normalized spacial score (nSPS) is 11.4. The van der Waals surface area contributed by atoms with Gasteiger partial charge in [0, 0.05) is 40.7 Å². The van der Waals surface area contributed by atoms with Crippen molar-refractivity contribution in [2.45, 2.75) is 0 Å². The molecule has 6 aromatic rings. The van der Waals surface area contributed by atoms with Gasteiger partial charge in [0.2, 0.25) is 0 Å². The number of nitrogens with zero attached hydrogens (tertiary/aromatic N) is 4. The maximum Gasteiger partial charge on any atom is 0.135 e. The Morgan fingerprint density at radius 2 is 1.72 bits per heavy atom. The zero-order valence-corrected chi connectivity index (χ0v) is 16.7. The van der Waals surface area contributed by atoms with E-state index < -0.39 is 0 Å². The topological polar surface area (TPSA) is 109 Å². The molecule has 0 aliphatic heterocycles. The third-order valence-electron chi connectivity index (χ3n) is 5.43. The van der Waals surface area contributed by atoms with Gasteiger partial charge in [0.25, 0.3) is 0 Å². The fraction of sp³-hybridized carbons (Fsp3) is 0. The van der Waals surface area contributed by atoms with Crippen LogP contribution in [0, 0.1) is 5.82 Å². The molecule has 1 aromatic carbocycles. The molecule has 0 aliphatic rings. The summed E-state index contributed by atoms with van der Waals surface area (Å²) in [6.07, 6.45) is 6.70. The number of H-pyrrole nitrogens is 2. The molecule has 32 heavy (non-hydrogen) atoms. The zero-order chi connectivity index (χ0) is 21.7. The van der Waals surface area contributed by atoms with Gasteiger partial charge in [0.15, 0.2) is 0 Å². The smallest absolute Gasteiger partial charge is 0.135 e. The summed E-state index contributed by atoms with van der Waals surface area (Å²) in [5.74, 6) is -0.295. The summed E-state index contributed by atoms with van der Waals surface area (Å²) in [5.41, 5.74) is 12.9. The van der Waals surface area contributed by atoms with Gasteiger partial charge in [-0.3, -0.25) is 15.1 Å². The van der Waals surface area contributed by atoms with Gasteiger partial charge in [0.05, 0.1) is 34.3 Å². The monoisotopic (exact) mass is 421 g/mol. The van der Waals surface area contributed by atoms with Gasteiger partial charge in [-0.05, 0) is 30.3 Å². The summed E-state index contributed by atoms with van der Waals surface area (Å²) < 4.78 is 14.4. The summed E-state index contributed by atoms with van der Waals surface area (Å²) >= 11 is 0. The number of aromatic nitrogens is 6. The van der Waals surface area contributed by atoms with E-state index in [1.54, 1.807) is 36.9 Å². The Hall–Kier alpha value is -4.59. The number of aromatic amines is 2. The predicted molar refractivity (Wildman–Crippen MR) is 122 cm³/mol. The van der Waals surface area contributed by atoms with Crippen molar-refractivity contribution >= 4 is 27.6 Å². The van der Waals surface area contributed by atoms with Crippen molar-refractivity contribution in [3.8, 4) is 33.8 Å². The first-order valence-electron chi connectivity index (χ1n) is 9.95. The molecule has 6 rings (SSSR count). The van der Waals surface area contributed by atoms with Crippen LogP contribution in [0.4, 0.5) is 10.1 Å². The van der Waals surface area contributed by atoms with Crippen LogP contribution in [0.15, 0.2) is 73.3 Å². The van der Waals surface area contributed by atoms with Crippen LogP contribution in [0.2, 0.25) is 0 Å². The zero-order valence-electron chi connectivity index (χ0n) is 16.7. The number of nitrogen functional groups attached to an aromatic ring is 1. The number of anilines is 1. The van der Waals surface area contributed by atoms with Crippen molar-refractivity contribution < 1.29 is 4.39 Å². The molecular weight excluding hydrogens is 405 g/mol. The molecule has 0 spiro atoms. The van der Waals surface area contributed by atoms with Gasteiger partial charge in [-0.25, -0.2) is 9.37 Å². The molecule has 154 valence electrons. The van der Waals surface area contributed by atoms with Gasteiger partial charge in [-0.2, -0.15) is 5.10 Å². The highest BCUT2D eigenvalue weighted by atomic mass is 19.1. The van der Waals surface area contributed by atoms with Gasteiger partial charge >= 0.3 is 0 Å². The average Bonchev–Trinajstić information content (AvgIpc) is 3.43. The average molecular weight is 421 g/mol. The molecule has 0 atom stereocenters. The van der Waals surface area contributed by atoms with Gasteiger partial charge in [0.1, 0.15) is 17.0 Å². The Balaban J connectivity index is 1.52. The number of hydrogen-bond donors (Lipinski definition) is 3. The molecule has 5 heterocycles. The Morgan fingerprint density at radius 3 is 2.59 bits per heavy atom. The van der Waals surface area contributed by atoms with E-state index in [-0.39, 0.29) is 5.82 Å². The number of pyridine rings is 3. The Labute approximate surface area is 181 Å². The highest BCUT2D eigenvalue weighted by molar-refractivity contribution is 6.00. The number of nitrogens with one attached hydrogen (secondary N) is 2. The SMILES string of the molecule is Nc1cncc(-c2ccc3[nH]nc(-c4cc5c(-c6ccccc6F)cncc5[nH]4)c3n2)c1. The maximum atomic E-state index is 14.4. The summed E-state index contributed by atoms with van der Waals surface area (Å²) in [6, 6.07) is 14.3. The molecule has 5 aromatic heterocycles. The van der Waals surface area contributed by atoms with Crippen LogP contribution in [0.5, 0.6) is 0 Å². The highest BCUT2D eigenvalue weighted by Gasteiger charge is 2.16. The van der Waals surface area contributed by atoms with Crippen molar-refractivity contribution in [3.63, 3.8) is 0 Å². The number of benzene rings is 1. The van der Waals surface area contributed by atoms with E-state index in [4.69, 9.17) is 10.7 Å². The summed E-state index contributed by atoms with van der Waals surface area (Å²) in [6.45, 7) is 0. The lowest BCUT2D eigenvalue weighted by Crippen LogP contribution is -1.90. The van der Waals surface area contributed by atoms with Crippen LogP contribution in [0.3, 0.4) is 0 Å². The van der Waals surface area contributed by atoms with Crippen LogP contribution in [-0.2, 0) is 0 Å². The summed E-state index contributed by atoms with van der Waals surface area (Å²) in [4.78, 5) is 16.6. The van der Waals surface area contributed by atoms with E-state index in [0.717, 1.165) is 33.4 Å². The molecule has 0 radical (unpaired) electrons. The Bertz CT molecular complexity index is 1620. The number of halogens is 1. The molecule has 0 fully saturated rings.